The van der Waals surface area contributed by atoms with Crippen molar-refractivity contribution in [1.82, 2.24) is 0 Å². The molecule has 0 saturated carbocycles. The first-order valence-electron chi connectivity index (χ1n) is 4.62. The molecule has 0 amide bonds. The lowest BCUT2D eigenvalue weighted by Crippen LogP contribution is -2.12. The van der Waals surface area contributed by atoms with Gasteiger partial charge in [-0.25, -0.2) is 12.8 Å². The van der Waals surface area contributed by atoms with Gasteiger partial charge in [0.15, 0.2) is 0 Å². The zero-order chi connectivity index (χ0) is 13.3. The van der Waals surface area contributed by atoms with Gasteiger partial charge < -0.3 is 0 Å². The van der Waals surface area contributed by atoms with Gasteiger partial charge >= 0.3 is 0 Å². The third-order valence-corrected chi connectivity index (χ3v) is 6.19. The molecule has 0 radical (unpaired) electrons. The van der Waals surface area contributed by atoms with Crippen molar-refractivity contribution in [2.24, 2.45) is 0 Å². The zero-order valence-corrected chi connectivity index (χ0v) is 13.2. The molecule has 2 aromatic rings. The highest BCUT2D eigenvalue weighted by atomic mass is 127. The molecule has 0 aliphatic heterocycles. The molecule has 0 atom stereocenters. The molecule has 0 spiro atoms. The number of sulfonamides is 1. The molecule has 1 N–H and O–H groups in total. The lowest BCUT2D eigenvalue weighted by atomic mass is 10.3. The largest absolute Gasteiger partial charge is 0.278 e. The van der Waals surface area contributed by atoms with Gasteiger partial charge in [-0.1, -0.05) is 17.7 Å². The van der Waals surface area contributed by atoms with Crippen molar-refractivity contribution in [2.75, 3.05) is 4.72 Å². The Balaban J connectivity index is 2.37. The van der Waals surface area contributed by atoms with Crippen LogP contribution in [0.3, 0.4) is 0 Å². The fraction of sp³-hybridized carbons (Fsp3) is 0. The average Bonchev–Trinajstić information content (AvgIpc) is 2.72. The highest BCUT2D eigenvalue weighted by Gasteiger charge is 2.18. The van der Waals surface area contributed by atoms with E-state index < -0.39 is 15.8 Å². The van der Waals surface area contributed by atoms with Gasteiger partial charge in [0.1, 0.15) is 10.0 Å². The van der Waals surface area contributed by atoms with Gasteiger partial charge in [0.2, 0.25) is 0 Å². The number of rotatable bonds is 3. The summed E-state index contributed by atoms with van der Waals surface area (Å²) in [4.78, 5) is 0. The Morgan fingerprint density at radius 1 is 1.28 bits per heavy atom. The SMILES string of the molecule is O=S(=O)(Nc1cccc(F)c1I)c1ccc(Cl)s1. The van der Waals surface area contributed by atoms with Crippen LogP contribution in [0.25, 0.3) is 0 Å². The number of halogens is 3. The summed E-state index contributed by atoms with van der Waals surface area (Å²) in [6.45, 7) is 0. The molecule has 0 aliphatic carbocycles. The van der Waals surface area contributed by atoms with E-state index in [-0.39, 0.29) is 13.5 Å². The van der Waals surface area contributed by atoms with E-state index in [1.165, 1.54) is 30.3 Å². The van der Waals surface area contributed by atoms with Gasteiger partial charge in [-0.3, -0.25) is 4.72 Å². The third-order valence-electron chi connectivity index (χ3n) is 2.01. The summed E-state index contributed by atoms with van der Waals surface area (Å²) in [5, 5.41) is 0. The van der Waals surface area contributed by atoms with Crippen LogP contribution in [0.1, 0.15) is 0 Å². The van der Waals surface area contributed by atoms with Gasteiger partial charge in [0, 0.05) is 0 Å². The van der Waals surface area contributed by atoms with Crippen molar-refractivity contribution in [3.8, 4) is 0 Å². The van der Waals surface area contributed by atoms with Gasteiger partial charge in [0.25, 0.3) is 10.0 Å². The van der Waals surface area contributed by atoms with Crippen molar-refractivity contribution in [2.45, 2.75) is 4.21 Å². The molecule has 8 heteroatoms. The Morgan fingerprint density at radius 2 is 2.00 bits per heavy atom. The van der Waals surface area contributed by atoms with E-state index in [1.807, 2.05) is 0 Å². The second-order valence-electron chi connectivity index (χ2n) is 3.27. The second-order valence-corrected chi connectivity index (χ2v) is 7.97. The number of hydrogen-bond donors (Lipinski definition) is 1. The van der Waals surface area contributed by atoms with Crippen molar-refractivity contribution in [1.29, 1.82) is 0 Å². The maximum atomic E-state index is 13.3. The topological polar surface area (TPSA) is 46.2 Å². The van der Waals surface area contributed by atoms with Gasteiger partial charge in [0.05, 0.1) is 13.6 Å². The highest BCUT2D eigenvalue weighted by Crippen LogP contribution is 2.29. The van der Waals surface area contributed by atoms with Crippen LogP contribution in [0, 0.1) is 9.39 Å². The monoisotopic (exact) mass is 417 g/mol. The van der Waals surface area contributed by atoms with Crippen LogP contribution in [0.15, 0.2) is 34.5 Å². The van der Waals surface area contributed by atoms with E-state index in [1.54, 1.807) is 22.6 Å². The smallest absolute Gasteiger partial charge is 0.271 e. The molecule has 0 saturated heterocycles. The lowest BCUT2D eigenvalue weighted by molar-refractivity contribution is 0.602. The van der Waals surface area contributed by atoms with E-state index >= 15 is 0 Å². The predicted molar refractivity (Wildman–Crippen MR) is 79.3 cm³/mol. The molecular formula is C10H6ClFINO2S2. The second kappa shape index (κ2) is 5.32. The van der Waals surface area contributed by atoms with E-state index in [9.17, 15) is 12.8 Å². The predicted octanol–water partition coefficient (Wildman–Crippen LogP) is 3.95. The van der Waals surface area contributed by atoms with Crippen LogP contribution in [0.4, 0.5) is 10.1 Å². The molecule has 0 fully saturated rings. The van der Waals surface area contributed by atoms with Crippen molar-refractivity contribution >= 4 is 61.2 Å². The first-order chi connectivity index (χ1) is 8.40. The number of benzene rings is 1. The molecule has 3 nitrogen and oxygen atoms in total. The summed E-state index contributed by atoms with van der Waals surface area (Å²) in [6, 6.07) is 7.11. The zero-order valence-electron chi connectivity index (χ0n) is 8.65. The Bertz CT molecular complexity index is 687. The number of anilines is 1. The van der Waals surface area contributed by atoms with Gasteiger partial charge in [-0.2, -0.15) is 0 Å². The van der Waals surface area contributed by atoms with Crippen LogP contribution < -0.4 is 4.72 Å². The Kier molecular flexibility index (Phi) is 4.15. The maximum Gasteiger partial charge on any atom is 0.271 e. The molecule has 1 heterocycles. The molecule has 0 aliphatic rings. The van der Waals surface area contributed by atoms with Crippen LogP contribution in [-0.4, -0.2) is 8.42 Å². The number of hydrogen-bond acceptors (Lipinski definition) is 3. The summed E-state index contributed by atoms with van der Waals surface area (Å²) in [5.41, 5.74) is 0.208. The third kappa shape index (κ3) is 2.95. The minimum absolute atomic E-state index is 0.0903. The van der Waals surface area contributed by atoms with E-state index in [0.29, 0.717) is 4.34 Å². The Hall–Kier alpha value is -0.380. The normalized spacial score (nSPS) is 11.5. The minimum Gasteiger partial charge on any atom is -0.278 e. The van der Waals surface area contributed by atoms with Crippen molar-refractivity contribution in [3.63, 3.8) is 0 Å². The molecule has 0 bridgehead atoms. The fourth-order valence-corrected chi connectivity index (χ4v) is 4.45. The Morgan fingerprint density at radius 3 is 2.61 bits per heavy atom. The minimum atomic E-state index is -3.72. The standard InChI is InChI=1S/C10H6ClFINO2S2/c11-8-4-5-9(17-8)18(15,16)14-7-3-1-2-6(12)10(7)13/h1-5,14H. The number of nitrogens with one attached hydrogen (secondary N) is 1. The molecule has 96 valence electrons. The molecular weight excluding hydrogens is 412 g/mol. The first kappa shape index (κ1) is 14.0. The van der Waals surface area contributed by atoms with Crippen LogP contribution in [0.5, 0.6) is 0 Å². The average molecular weight is 418 g/mol. The molecule has 0 unspecified atom stereocenters. The van der Waals surface area contributed by atoms with Gasteiger partial charge in [-0.05, 0) is 46.9 Å². The number of thiophene rings is 1. The lowest BCUT2D eigenvalue weighted by Gasteiger charge is -2.08. The molecule has 1 aromatic carbocycles. The molecule has 1 aromatic heterocycles. The first-order valence-corrected chi connectivity index (χ1v) is 8.38. The fourth-order valence-electron chi connectivity index (χ4n) is 1.22. The van der Waals surface area contributed by atoms with Crippen LogP contribution in [0.2, 0.25) is 4.34 Å². The van der Waals surface area contributed by atoms with Crippen LogP contribution in [-0.2, 0) is 10.0 Å². The van der Waals surface area contributed by atoms with Gasteiger partial charge in [-0.15, -0.1) is 11.3 Å². The maximum absolute atomic E-state index is 13.3. The van der Waals surface area contributed by atoms with E-state index in [0.717, 1.165) is 11.3 Å². The molecule has 2 rings (SSSR count). The van der Waals surface area contributed by atoms with E-state index in [4.69, 9.17) is 11.6 Å². The summed E-state index contributed by atoms with van der Waals surface area (Å²) < 4.78 is 40.3. The quantitative estimate of drug-likeness (QED) is 0.769. The van der Waals surface area contributed by atoms with Crippen LogP contribution >= 0.6 is 45.5 Å². The summed E-state index contributed by atoms with van der Waals surface area (Å²) in [6.07, 6.45) is 0. The highest BCUT2D eigenvalue weighted by molar-refractivity contribution is 14.1. The summed E-state index contributed by atoms with van der Waals surface area (Å²) >= 11 is 8.38. The Labute approximate surface area is 126 Å². The summed E-state index contributed by atoms with van der Waals surface area (Å²) in [7, 11) is -3.72. The summed E-state index contributed by atoms with van der Waals surface area (Å²) in [5.74, 6) is -0.472. The van der Waals surface area contributed by atoms with E-state index in [2.05, 4.69) is 4.72 Å². The van der Waals surface area contributed by atoms with Crippen molar-refractivity contribution in [3.05, 3.63) is 44.1 Å². The van der Waals surface area contributed by atoms with Crippen molar-refractivity contribution < 1.29 is 12.8 Å². The molecule has 18 heavy (non-hydrogen) atoms.